The molecule has 8 heteroatoms. The molecule has 8 nitrogen and oxygen atoms in total. The maximum atomic E-state index is 12.6. The van der Waals surface area contributed by atoms with Crippen molar-refractivity contribution in [2.24, 2.45) is 0 Å². The molecule has 0 bridgehead atoms. The van der Waals surface area contributed by atoms with Crippen LogP contribution in [0.15, 0.2) is 48.5 Å². The molecule has 2 aromatic carbocycles. The van der Waals surface area contributed by atoms with Gasteiger partial charge in [0.2, 0.25) is 5.91 Å². The lowest BCUT2D eigenvalue weighted by Crippen LogP contribution is -2.27. The molecule has 1 N–H and O–H groups in total. The molecular weight excluding hydrogens is 430 g/mol. The van der Waals surface area contributed by atoms with Crippen molar-refractivity contribution in [3.05, 3.63) is 71.0 Å². The number of methoxy groups -OCH3 is 2. The minimum Gasteiger partial charge on any atom is -0.493 e. The minimum absolute atomic E-state index is 0.0793. The molecule has 0 aliphatic rings. The Morgan fingerprint density at radius 1 is 0.971 bits per heavy atom. The molecule has 0 unspecified atom stereocenters. The average molecular weight is 460 g/mol. The molecular formula is C26H29N5O3. The predicted octanol–water partition coefficient (Wildman–Crippen LogP) is 4.24. The van der Waals surface area contributed by atoms with Gasteiger partial charge in [-0.25, -0.2) is 0 Å². The topological polar surface area (TPSA) is 90.6 Å². The van der Waals surface area contributed by atoms with Crippen LogP contribution in [0.2, 0.25) is 0 Å². The third-order valence-electron chi connectivity index (χ3n) is 5.99. The van der Waals surface area contributed by atoms with Crippen molar-refractivity contribution in [3.8, 4) is 22.8 Å². The number of amides is 1. The monoisotopic (exact) mass is 459 g/mol. The van der Waals surface area contributed by atoms with Crippen molar-refractivity contribution < 1.29 is 14.3 Å². The smallest absolute Gasteiger partial charge is 0.220 e. The van der Waals surface area contributed by atoms with Gasteiger partial charge in [-0.05, 0) is 67.8 Å². The summed E-state index contributed by atoms with van der Waals surface area (Å²) in [5.74, 6) is 1.84. The SMILES string of the molecule is COc1ccc([C@@H](C)NC(=O)CCc2nnc3ccc(-c4ccc(C)c(C)c4)nn23)cc1OC. The number of nitrogens with zero attached hydrogens (tertiary/aromatic N) is 4. The number of hydrogen-bond acceptors (Lipinski definition) is 6. The van der Waals surface area contributed by atoms with Crippen LogP contribution in [-0.2, 0) is 11.2 Å². The van der Waals surface area contributed by atoms with Crippen molar-refractivity contribution >= 4 is 11.6 Å². The Labute approximate surface area is 198 Å². The molecule has 176 valence electrons. The largest absolute Gasteiger partial charge is 0.493 e. The molecule has 0 aliphatic heterocycles. The molecule has 0 fully saturated rings. The van der Waals surface area contributed by atoms with Crippen LogP contribution in [-0.4, -0.2) is 39.9 Å². The summed E-state index contributed by atoms with van der Waals surface area (Å²) >= 11 is 0. The van der Waals surface area contributed by atoms with Crippen LogP contribution in [0.1, 0.15) is 41.9 Å². The molecule has 1 amide bonds. The highest BCUT2D eigenvalue weighted by Crippen LogP contribution is 2.30. The van der Waals surface area contributed by atoms with Crippen LogP contribution in [0.25, 0.3) is 16.9 Å². The first-order valence-corrected chi connectivity index (χ1v) is 11.2. The molecule has 34 heavy (non-hydrogen) atoms. The Kier molecular flexibility index (Phi) is 6.77. The molecule has 0 aliphatic carbocycles. The fourth-order valence-electron chi connectivity index (χ4n) is 3.79. The summed E-state index contributed by atoms with van der Waals surface area (Å²) in [5, 5.41) is 16.2. The summed E-state index contributed by atoms with van der Waals surface area (Å²) in [4.78, 5) is 12.6. The van der Waals surface area contributed by atoms with Crippen molar-refractivity contribution in [1.29, 1.82) is 0 Å². The normalized spacial score (nSPS) is 11.9. The van der Waals surface area contributed by atoms with Crippen molar-refractivity contribution in [2.75, 3.05) is 14.2 Å². The number of ether oxygens (including phenoxy) is 2. The Morgan fingerprint density at radius 2 is 1.76 bits per heavy atom. The van der Waals surface area contributed by atoms with Crippen LogP contribution in [0.4, 0.5) is 0 Å². The lowest BCUT2D eigenvalue weighted by atomic mass is 10.0. The number of carbonyl (C=O) groups excluding carboxylic acids is 1. The molecule has 2 heterocycles. The van der Waals surface area contributed by atoms with Crippen molar-refractivity contribution in [3.63, 3.8) is 0 Å². The van der Waals surface area contributed by atoms with Gasteiger partial charge in [-0.3, -0.25) is 4.79 Å². The number of aromatic nitrogens is 4. The first kappa shape index (κ1) is 23.2. The zero-order chi connectivity index (χ0) is 24.2. The van der Waals surface area contributed by atoms with Crippen molar-refractivity contribution in [2.45, 2.75) is 39.7 Å². The second-order valence-electron chi connectivity index (χ2n) is 8.31. The third-order valence-corrected chi connectivity index (χ3v) is 5.99. The molecule has 0 saturated heterocycles. The van der Waals surface area contributed by atoms with E-state index in [-0.39, 0.29) is 18.4 Å². The Morgan fingerprint density at radius 3 is 2.50 bits per heavy atom. The van der Waals surface area contributed by atoms with Gasteiger partial charge < -0.3 is 14.8 Å². The number of fused-ring (bicyclic) bond motifs is 1. The predicted molar refractivity (Wildman–Crippen MR) is 130 cm³/mol. The van der Waals surface area contributed by atoms with Gasteiger partial charge in [0.05, 0.1) is 26.0 Å². The lowest BCUT2D eigenvalue weighted by molar-refractivity contribution is -0.121. The molecule has 2 aromatic heterocycles. The van der Waals surface area contributed by atoms with E-state index in [0.29, 0.717) is 29.4 Å². The first-order chi connectivity index (χ1) is 16.4. The van der Waals surface area contributed by atoms with Gasteiger partial charge in [0.1, 0.15) is 0 Å². The zero-order valence-corrected chi connectivity index (χ0v) is 20.1. The second kappa shape index (κ2) is 9.91. The maximum Gasteiger partial charge on any atom is 0.220 e. The molecule has 1 atom stereocenters. The highest BCUT2D eigenvalue weighted by molar-refractivity contribution is 5.76. The van der Waals surface area contributed by atoms with Crippen LogP contribution < -0.4 is 14.8 Å². The van der Waals surface area contributed by atoms with E-state index in [1.54, 1.807) is 18.7 Å². The third kappa shape index (κ3) is 4.85. The fourth-order valence-corrected chi connectivity index (χ4v) is 3.79. The summed E-state index contributed by atoms with van der Waals surface area (Å²) in [6.07, 6.45) is 0.697. The van der Waals surface area contributed by atoms with E-state index in [2.05, 4.69) is 47.6 Å². The number of aryl methyl sites for hydroxylation is 3. The van der Waals surface area contributed by atoms with Gasteiger partial charge in [0.15, 0.2) is 23.0 Å². The Hall–Kier alpha value is -3.94. The number of benzene rings is 2. The number of carbonyl (C=O) groups is 1. The van der Waals surface area contributed by atoms with Gasteiger partial charge >= 0.3 is 0 Å². The van der Waals surface area contributed by atoms with Crippen molar-refractivity contribution in [1.82, 2.24) is 25.1 Å². The molecule has 0 spiro atoms. The summed E-state index contributed by atoms with van der Waals surface area (Å²) in [5.41, 5.74) is 5.90. The second-order valence-corrected chi connectivity index (χ2v) is 8.31. The maximum absolute atomic E-state index is 12.6. The summed E-state index contributed by atoms with van der Waals surface area (Å²) in [6.45, 7) is 6.11. The molecule has 0 saturated carbocycles. The molecule has 0 radical (unpaired) electrons. The summed E-state index contributed by atoms with van der Waals surface area (Å²) in [7, 11) is 3.18. The van der Waals surface area contributed by atoms with Gasteiger partial charge in [-0.2, -0.15) is 9.61 Å². The lowest BCUT2D eigenvalue weighted by Gasteiger charge is -2.16. The number of hydrogen-bond donors (Lipinski definition) is 1. The van der Waals surface area contributed by atoms with E-state index in [0.717, 1.165) is 16.8 Å². The summed E-state index contributed by atoms with van der Waals surface area (Å²) < 4.78 is 12.4. The van der Waals surface area contributed by atoms with E-state index < -0.39 is 0 Å². The standard InChI is InChI=1S/C26H29N5O3/c1-16-6-7-20(14-17(16)2)21-9-11-24-28-29-25(31(24)30-21)12-13-26(32)27-18(3)19-8-10-22(33-4)23(15-19)34-5/h6-11,14-15,18H,12-13H2,1-5H3,(H,27,32)/t18-/m1/s1. The fraction of sp³-hybridized carbons (Fsp3) is 0.308. The minimum atomic E-state index is -0.183. The van der Waals surface area contributed by atoms with Gasteiger partial charge in [0.25, 0.3) is 0 Å². The van der Waals surface area contributed by atoms with E-state index in [4.69, 9.17) is 14.6 Å². The quantitative estimate of drug-likeness (QED) is 0.424. The number of nitrogens with one attached hydrogen (secondary N) is 1. The zero-order valence-electron chi connectivity index (χ0n) is 20.1. The molecule has 4 rings (SSSR count). The van der Waals surface area contributed by atoms with Crippen LogP contribution in [0.5, 0.6) is 11.5 Å². The van der Waals surface area contributed by atoms with E-state index in [1.165, 1.54) is 11.1 Å². The highest BCUT2D eigenvalue weighted by Gasteiger charge is 2.15. The Bertz CT molecular complexity index is 1330. The van der Waals surface area contributed by atoms with Crippen LogP contribution >= 0.6 is 0 Å². The number of rotatable bonds is 8. The van der Waals surface area contributed by atoms with E-state index >= 15 is 0 Å². The summed E-state index contributed by atoms with van der Waals surface area (Å²) in [6, 6.07) is 15.5. The van der Waals surface area contributed by atoms with Gasteiger partial charge in [-0.15, -0.1) is 10.2 Å². The van der Waals surface area contributed by atoms with Crippen LogP contribution in [0.3, 0.4) is 0 Å². The van der Waals surface area contributed by atoms with Gasteiger partial charge in [-0.1, -0.05) is 18.2 Å². The van der Waals surface area contributed by atoms with E-state index in [1.807, 2.05) is 37.3 Å². The molecule has 4 aromatic rings. The Balaban J connectivity index is 1.44. The highest BCUT2D eigenvalue weighted by atomic mass is 16.5. The van der Waals surface area contributed by atoms with E-state index in [9.17, 15) is 4.79 Å². The van der Waals surface area contributed by atoms with Crippen LogP contribution in [0, 0.1) is 13.8 Å². The first-order valence-electron chi connectivity index (χ1n) is 11.2. The van der Waals surface area contributed by atoms with Gasteiger partial charge in [0, 0.05) is 18.4 Å². The average Bonchev–Trinajstić information content (AvgIpc) is 3.26.